The third-order valence-electron chi connectivity index (χ3n) is 9.90. The third-order valence-corrected chi connectivity index (χ3v) is 9.90. The van der Waals surface area contributed by atoms with Crippen molar-refractivity contribution in [2.75, 3.05) is 0 Å². The Labute approximate surface area is 334 Å². The van der Waals surface area contributed by atoms with Crippen molar-refractivity contribution in [3.05, 3.63) is 228 Å². The van der Waals surface area contributed by atoms with Gasteiger partial charge in [0.05, 0.1) is 0 Å². The Balaban J connectivity index is 0.000000163. The number of aryl methyl sites for hydroxylation is 4. The lowest BCUT2D eigenvalue weighted by Crippen LogP contribution is -1.91. The topological polar surface area (TPSA) is 0 Å². The highest BCUT2D eigenvalue weighted by Gasteiger charge is 2.11. The van der Waals surface area contributed by atoms with Gasteiger partial charge in [-0.25, -0.2) is 0 Å². The first-order valence-corrected chi connectivity index (χ1v) is 18.9. The second-order valence-corrected chi connectivity index (χ2v) is 13.9. The number of hydrogen-bond donors (Lipinski definition) is 0. The molecular formula is C56H46. The number of terminal acetylenes is 2. The average Bonchev–Trinajstić information content (AvgIpc) is 3.25. The van der Waals surface area contributed by atoms with Gasteiger partial charge in [0.15, 0.2) is 0 Å². The summed E-state index contributed by atoms with van der Waals surface area (Å²) >= 11 is 0. The van der Waals surface area contributed by atoms with E-state index in [2.05, 4.69) is 167 Å². The Morgan fingerprint density at radius 2 is 0.732 bits per heavy atom. The number of hydrogen-bond acceptors (Lipinski definition) is 0. The van der Waals surface area contributed by atoms with Crippen molar-refractivity contribution in [3.63, 3.8) is 0 Å². The van der Waals surface area contributed by atoms with Crippen LogP contribution in [0.15, 0.2) is 194 Å². The van der Waals surface area contributed by atoms with Gasteiger partial charge in [-0.15, -0.1) is 12.8 Å². The van der Waals surface area contributed by atoms with Crippen LogP contribution in [0.3, 0.4) is 0 Å². The molecule has 0 amide bonds. The zero-order valence-electron chi connectivity index (χ0n) is 32.6. The van der Waals surface area contributed by atoms with Crippen molar-refractivity contribution in [1.29, 1.82) is 0 Å². The van der Waals surface area contributed by atoms with Gasteiger partial charge in [-0.2, -0.15) is 0 Å². The van der Waals surface area contributed by atoms with E-state index in [4.69, 9.17) is 12.8 Å². The Morgan fingerprint density at radius 1 is 0.304 bits per heavy atom. The summed E-state index contributed by atoms with van der Waals surface area (Å²) in [5.74, 6) is 5.43. The molecule has 270 valence electrons. The van der Waals surface area contributed by atoms with E-state index < -0.39 is 0 Å². The predicted molar refractivity (Wildman–Crippen MR) is 241 cm³/mol. The highest BCUT2D eigenvalue weighted by molar-refractivity contribution is 5.82. The quantitative estimate of drug-likeness (QED) is 0.155. The molecule has 0 bridgehead atoms. The molecule has 0 aliphatic carbocycles. The molecule has 0 radical (unpaired) electrons. The second-order valence-electron chi connectivity index (χ2n) is 13.9. The maximum atomic E-state index is 5.75. The van der Waals surface area contributed by atoms with Crippen LogP contribution in [0.5, 0.6) is 0 Å². The van der Waals surface area contributed by atoms with Crippen LogP contribution in [0, 0.1) is 52.4 Å². The minimum Gasteiger partial charge on any atom is -0.115 e. The number of benzene rings is 8. The molecule has 8 aromatic rings. The van der Waals surface area contributed by atoms with E-state index in [0.29, 0.717) is 0 Å². The fourth-order valence-corrected chi connectivity index (χ4v) is 6.75. The van der Waals surface area contributed by atoms with Gasteiger partial charge < -0.3 is 0 Å². The number of rotatable bonds is 5. The summed E-state index contributed by atoms with van der Waals surface area (Å²) in [4.78, 5) is 0. The lowest BCUT2D eigenvalue weighted by molar-refractivity contribution is 1.40. The first-order chi connectivity index (χ1) is 27.3. The van der Waals surface area contributed by atoms with Gasteiger partial charge in [-0.3, -0.25) is 0 Å². The van der Waals surface area contributed by atoms with Gasteiger partial charge in [0.2, 0.25) is 0 Å². The molecule has 0 nitrogen and oxygen atoms in total. The summed E-state index contributed by atoms with van der Waals surface area (Å²) in [6, 6.07) is 67.4. The molecule has 0 atom stereocenters. The van der Waals surface area contributed by atoms with Gasteiger partial charge in [0.1, 0.15) is 0 Å². The summed E-state index contributed by atoms with van der Waals surface area (Å²) < 4.78 is 0. The van der Waals surface area contributed by atoms with Crippen LogP contribution in [-0.2, 0) is 0 Å². The zero-order chi connectivity index (χ0) is 39.3. The molecule has 8 aromatic carbocycles. The highest BCUT2D eigenvalue weighted by Crippen LogP contribution is 2.35. The van der Waals surface area contributed by atoms with E-state index in [-0.39, 0.29) is 0 Å². The largest absolute Gasteiger partial charge is 0.115 e. The Kier molecular flexibility index (Phi) is 12.9. The van der Waals surface area contributed by atoms with Crippen molar-refractivity contribution in [2.24, 2.45) is 0 Å². The Bertz CT molecular complexity index is 2610. The standard InChI is InChI=1S/C29H24.C14H10.C13H12/c1-5-23-11-7-9-13-27(23)29-19-25(17-15-22(29)4)24-16-14-21(3)28(18-24)26-12-8-6-10-20(26)2;1-2-12-8-10-14(11-9-12)13-6-4-3-5-7-13;1-11-6-5-9-13(10-11)12-7-3-2-4-8-12/h1,6-19H,2-4H3;1,3-11H;2-10H,1H3. The lowest BCUT2D eigenvalue weighted by atomic mass is 9.90. The van der Waals surface area contributed by atoms with Gasteiger partial charge in [-0.05, 0) is 130 Å². The fraction of sp³-hybridized carbons (Fsp3) is 0.0714. The second kappa shape index (κ2) is 18.8. The molecule has 0 aliphatic heterocycles. The predicted octanol–water partition coefficient (Wildman–Crippen LogP) is 14.6. The maximum Gasteiger partial charge on any atom is 0.0321 e. The van der Waals surface area contributed by atoms with Gasteiger partial charge >= 0.3 is 0 Å². The summed E-state index contributed by atoms with van der Waals surface area (Å²) in [7, 11) is 0. The molecule has 0 aliphatic rings. The lowest BCUT2D eigenvalue weighted by Gasteiger charge is -2.14. The molecule has 0 N–H and O–H groups in total. The highest BCUT2D eigenvalue weighted by atomic mass is 14.1. The summed E-state index contributed by atoms with van der Waals surface area (Å²) in [5.41, 5.74) is 19.2. The molecule has 0 fully saturated rings. The van der Waals surface area contributed by atoms with Gasteiger partial charge in [0, 0.05) is 11.1 Å². The molecule has 0 heterocycles. The average molecular weight is 719 g/mol. The van der Waals surface area contributed by atoms with E-state index in [0.717, 1.165) is 16.7 Å². The van der Waals surface area contributed by atoms with Crippen molar-refractivity contribution in [1.82, 2.24) is 0 Å². The van der Waals surface area contributed by atoms with Gasteiger partial charge in [0.25, 0.3) is 0 Å². The Hall–Kier alpha value is -7.12. The van der Waals surface area contributed by atoms with Crippen molar-refractivity contribution in [3.8, 4) is 80.3 Å². The van der Waals surface area contributed by atoms with Crippen molar-refractivity contribution < 1.29 is 0 Å². The first kappa shape index (κ1) is 38.6. The fourth-order valence-electron chi connectivity index (χ4n) is 6.75. The van der Waals surface area contributed by atoms with E-state index in [1.807, 2.05) is 66.7 Å². The molecule has 0 spiro atoms. The van der Waals surface area contributed by atoms with Crippen molar-refractivity contribution in [2.45, 2.75) is 27.7 Å². The first-order valence-electron chi connectivity index (χ1n) is 18.9. The molecular weight excluding hydrogens is 673 g/mol. The summed E-state index contributed by atoms with van der Waals surface area (Å²) in [6.07, 6.45) is 11.0. The van der Waals surface area contributed by atoms with Crippen molar-refractivity contribution >= 4 is 0 Å². The molecule has 0 saturated heterocycles. The minimum atomic E-state index is 0.921. The molecule has 0 aromatic heterocycles. The smallest absolute Gasteiger partial charge is 0.0321 e. The molecule has 56 heavy (non-hydrogen) atoms. The zero-order valence-corrected chi connectivity index (χ0v) is 32.6. The molecule has 8 rings (SSSR count). The van der Waals surface area contributed by atoms with Crippen LogP contribution in [-0.4, -0.2) is 0 Å². The summed E-state index contributed by atoms with van der Waals surface area (Å²) in [5, 5.41) is 0. The van der Waals surface area contributed by atoms with Crippen LogP contribution in [0.25, 0.3) is 55.6 Å². The van der Waals surface area contributed by atoms with Crippen LogP contribution in [0.2, 0.25) is 0 Å². The molecule has 0 saturated carbocycles. The van der Waals surface area contributed by atoms with E-state index in [1.165, 1.54) is 72.3 Å². The van der Waals surface area contributed by atoms with Crippen LogP contribution in [0.4, 0.5) is 0 Å². The van der Waals surface area contributed by atoms with Crippen LogP contribution >= 0.6 is 0 Å². The van der Waals surface area contributed by atoms with Crippen LogP contribution < -0.4 is 0 Å². The van der Waals surface area contributed by atoms with E-state index >= 15 is 0 Å². The molecule has 0 heteroatoms. The normalized spacial score (nSPS) is 10.1. The SMILES string of the molecule is C#Cc1ccc(-c2ccccc2)cc1.C#Cc1ccccc1-c1cc(-c2ccc(C)c(-c3ccccc3C)c2)ccc1C.Cc1cccc(-c2ccccc2)c1. The monoisotopic (exact) mass is 718 g/mol. The van der Waals surface area contributed by atoms with E-state index in [1.54, 1.807) is 0 Å². The summed E-state index contributed by atoms with van der Waals surface area (Å²) in [6.45, 7) is 8.60. The van der Waals surface area contributed by atoms with Gasteiger partial charge in [-0.1, -0.05) is 181 Å². The Morgan fingerprint density at radius 3 is 1.29 bits per heavy atom. The molecule has 0 unspecified atom stereocenters. The minimum absolute atomic E-state index is 0.921. The maximum absolute atomic E-state index is 5.75. The third kappa shape index (κ3) is 9.70. The van der Waals surface area contributed by atoms with Crippen LogP contribution in [0.1, 0.15) is 33.4 Å². The van der Waals surface area contributed by atoms with E-state index in [9.17, 15) is 0 Å².